The highest BCUT2D eigenvalue weighted by molar-refractivity contribution is 8.13. The first-order valence-electron chi connectivity index (χ1n) is 14.4. The van der Waals surface area contributed by atoms with Crippen LogP contribution in [0.15, 0.2) is 70.7 Å². The van der Waals surface area contributed by atoms with E-state index >= 15 is 0 Å². The van der Waals surface area contributed by atoms with E-state index in [1.165, 1.54) is 11.1 Å². The fraction of sp³-hybridized carbons (Fsp3) is 0.429. The molecule has 3 N–H and O–H groups in total. The molecule has 2 saturated heterocycles. The molecule has 19 heteroatoms. The number of halogens is 1. The van der Waals surface area contributed by atoms with Gasteiger partial charge in [0.15, 0.2) is 19.7 Å². The third kappa shape index (κ3) is 9.54. The molecule has 2 aliphatic rings. The smallest absolute Gasteiger partial charge is 0.261 e. The van der Waals surface area contributed by atoms with E-state index in [2.05, 4.69) is 4.83 Å². The van der Waals surface area contributed by atoms with Crippen molar-refractivity contribution in [1.82, 2.24) is 24.0 Å². The average molecular weight is 751 g/mol. The normalized spacial score (nSPS) is 21.8. The lowest BCUT2D eigenvalue weighted by Crippen LogP contribution is -2.55. The van der Waals surface area contributed by atoms with Gasteiger partial charge >= 0.3 is 0 Å². The van der Waals surface area contributed by atoms with E-state index in [4.69, 9.17) is 16.5 Å². The second-order valence-electron chi connectivity index (χ2n) is 11.7. The van der Waals surface area contributed by atoms with Crippen LogP contribution in [0.25, 0.3) is 21.8 Å². The van der Waals surface area contributed by atoms with Gasteiger partial charge < -0.3 is 9.13 Å². The highest BCUT2D eigenvalue weighted by Gasteiger charge is 2.31. The van der Waals surface area contributed by atoms with Crippen molar-refractivity contribution in [2.45, 2.75) is 35.7 Å². The largest absolute Gasteiger partial charge is 0.351 e. The Hall–Kier alpha value is -2.55. The van der Waals surface area contributed by atoms with Gasteiger partial charge in [-0.25, -0.2) is 43.7 Å². The van der Waals surface area contributed by atoms with Gasteiger partial charge in [0.05, 0.1) is 32.8 Å². The summed E-state index contributed by atoms with van der Waals surface area (Å²) in [6.07, 6.45) is 3.74. The van der Waals surface area contributed by atoms with Crippen LogP contribution in [-0.2, 0) is 52.8 Å². The third-order valence-electron chi connectivity index (χ3n) is 7.94. The zero-order valence-corrected chi connectivity index (χ0v) is 30.3. The molecule has 2 atom stereocenters. The predicted molar refractivity (Wildman–Crippen MR) is 183 cm³/mol. The Balaban J connectivity index is 0.000000177. The van der Waals surface area contributed by atoms with E-state index in [1.54, 1.807) is 42.3 Å². The highest BCUT2D eigenvalue weighted by atomic mass is 35.7. The quantitative estimate of drug-likeness (QED) is 0.228. The topological polar surface area (TPSA) is 191 Å². The number of nitrogens with zero attached hydrogens (tertiary/aromatic N) is 4. The minimum absolute atomic E-state index is 0.0289. The summed E-state index contributed by atoms with van der Waals surface area (Å²) in [5, 5.41) is 5.01. The summed E-state index contributed by atoms with van der Waals surface area (Å²) >= 11 is 0. The lowest BCUT2D eigenvalue weighted by Gasteiger charge is -2.32. The molecular weight excluding hydrogens is 712 g/mol. The van der Waals surface area contributed by atoms with Crippen molar-refractivity contribution in [1.29, 1.82) is 0 Å². The molecule has 2 fully saturated rings. The lowest BCUT2D eigenvalue weighted by atomic mass is 10.2. The van der Waals surface area contributed by atoms with Crippen LogP contribution in [0.2, 0.25) is 0 Å². The van der Waals surface area contributed by atoms with Crippen LogP contribution in [0, 0.1) is 0 Å². The molecule has 14 nitrogen and oxygen atoms in total. The van der Waals surface area contributed by atoms with Crippen LogP contribution in [0.1, 0.15) is 13.8 Å². The summed E-state index contributed by atoms with van der Waals surface area (Å²) in [6.45, 7) is 4.12. The average Bonchev–Trinajstić information content (AvgIpc) is 3.54. The van der Waals surface area contributed by atoms with E-state index in [-0.39, 0.29) is 45.4 Å². The summed E-state index contributed by atoms with van der Waals surface area (Å²) in [5.41, 5.74) is 1.67. The zero-order valence-electron chi connectivity index (χ0n) is 26.3. The minimum Gasteiger partial charge on any atom is -0.351 e. The van der Waals surface area contributed by atoms with Crippen LogP contribution >= 0.6 is 10.7 Å². The van der Waals surface area contributed by atoms with E-state index in [0.717, 1.165) is 21.8 Å². The van der Waals surface area contributed by atoms with Crippen LogP contribution in [0.3, 0.4) is 0 Å². The number of benzene rings is 2. The second-order valence-corrected chi connectivity index (χ2v) is 20.4. The Morgan fingerprint density at radius 1 is 0.745 bits per heavy atom. The molecule has 47 heavy (non-hydrogen) atoms. The monoisotopic (exact) mass is 750 g/mol. The van der Waals surface area contributed by atoms with Crippen molar-refractivity contribution < 1.29 is 33.7 Å². The molecule has 2 aliphatic heterocycles. The van der Waals surface area contributed by atoms with E-state index in [1.807, 2.05) is 54.7 Å². The molecule has 4 aromatic rings. The SMILES string of the molecule is CC1CS(=O)(=O)CCN1N.CC1CS(=O)(=O)CCN1NS(=O)(=O)c1ccc2ccn(C)c2c1.Cn1ccc2ccc(S(=O)(=O)Cl)cc21. The number of hydrogen-bond acceptors (Lipinski definition) is 11. The van der Waals surface area contributed by atoms with Crippen molar-refractivity contribution in [2.75, 3.05) is 36.1 Å². The van der Waals surface area contributed by atoms with Crippen LogP contribution < -0.4 is 10.7 Å². The molecule has 0 amide bonds. The Labute approximate surface area is 280 Å². The third-order valence-corrected chi connectivity index (χ3v) is 14.2. The maximum atomic E-state index is 12.6. The number of aryl methyl sites for hydroxylation is 2. The van der Waals surface area contributed by atoms with Crippen LogP contribution in [0.5, 0.6) is 0 Å². The molecule has 0 saturated carbocycles. The Morgan fingerprint density at radius 2 is 1.21 bits per heavy atom. The zero-order chi connectivity index (χ0) is 34.9. The number of hydrazine groups is 2. The molecule has 2 aromatic heterocycles. The standard InChI is InChI=1S/C14H19N3O4S2.C9H8ClNO2S.C5H12N2O2S/c1-11-10-22(18,19)8-7-17(11)15-23(20,21)13-4-3-12-5-6-16(2)14(12)9-13;1-11-5-4-7-2-3-8(6-9(7)11)14(10,12)13;1-5-4-10(8,9)3-2-7(5)6/h3-6,9,11,15H,7-8,10H2,1-2H3;2-6H,1H3;5H,2-4,6H2,1H3. The van der Waals surface area contributed by atoms with Gasteiger partial charge in [-0.05, 0) is 61.0 Å². The maximum Gasteiger partial charge on any atom is 0.261 e. The summed E-state index contributed by atoms with van der Waals surface area (Å²) in [6, 6.07) is 13.1. The molecular formula is C28H39ClN6O8S4. The molecule has 0 bridgehead atoms. The first-order valence-corrected chi connectivity index (χ1v) is 21.9. The van der Waals surface area contributed by atoms with Gasteiger partial charge in [-0.2, -0.15) is 0 Å². The fourth-order valence-electron chi connectivity index (χ4n) is 5.16. The summed E-state index contributed by atoms with van der Waals surface area (Å²) in [4.78, 5) is 2.80. The summed E-state index contributed by atoms with van der Waals surface area (Å²) in [5.74, 6) is 5.77. The van der Waals surface area contributed by atoms with Gasteiger partial charge in [-0.15, -0.1) is 4.83 Å². The number of sulfonamides is 1. The predicted octanol–water partition coefficient (Wildman–Crippen LogP) is 1.58. The fourth-order valence-corrected chi connectivity index (χ4v) is 10.3. The summed E-state index contributed by atoms with van der Waals surface area (Å²) in [7, 11) is -4.31. The Kier molecular flexibility index (Phi) is 11.2. The van der Waals surface area contributed by atoms with Gasteiger partial charge in [0, 0.05) is 73.4 Å². The van der Waals surface area contributed by atoms with Gasteiger partial charge in [-0.3, -0.25) is 5.84 Å². The van der Waals surface area contributed by atoms with Crippen LogP contribution in [0.4, 0.5) is 0 Å². The van der Waals surface area contributed by atoms with E-state index < -0.39 is 44.8 Å². The first kappa shape index (κ1) is 37.3. The van der Waals surface area contributed by atoms with Crippen molar-refractivity contribution in [3.8, 4) is 0 Å². The molecule has 0 aliphatic carbocycles. The lowest BCUT2D eigenvalue weighted by molar-refractivity contribution is 0.195. The van der Waals surface area contributed by atoms with E-state index in [0.29, 0.717) is 6.54 Å². The van der Waals surface area contributed by atoms with E-state index in [9.17, 15) is 33.7 Å². The molecule has 6 rings (SSSR count). The number of fused-ring (bicyclic) bond motifs is 2. The number of nitrogens with two attached hydrogens (primary N) is 1. The number of hydrogen-bond donors (Lipinski definition) is 2. The van der Waals surface area contributed by atoms with Crippen molar-refractivity contribution in [2.24, 2.45) is 19.9 Å². The highest BCUT2D eigenvalue weighted by Crippen LogP contribution is 2.22. The van der Waals surface area contributed by atoms with Gasteiger partial charge in [-0.1, -0.05) is 12.1 Å². The number of aromatic nitrogens is 2. The maximum absolute atomic E-state index is 12.6. The van der Waals surface area contributed by atoms with Crippen LogP contribution in [-0.4, -0.2) is 101 Å². The van der Waals surface area contributed by atoms with Crippen molar-refractivity contribution in [3.05, 3.63) is 60.9 Å². The Bertz CT molecular complexity index is 2200. The van der Waals surface area contributed by atoms with Crippen molar-refractivity contribution >= 4 is 71.2 Å². The second kappa shape index (κ2) is 14.1. The number of sulfone groups is 2. The van der Waals surface area contributed by atoms with Crippen molar-refractivity contribution in [3.63, 3.8) is 0 Å². The number of nitrogens with one attached hydrogen (secondary N) is 1. The molecule has 2 aromatic carbocycles. The van der Waals surface area contributed by atoms with Gasteiger partial charge in [0.1, 0.15) is 0 Å². The summed E-state index contributed by atoms with van der Waals surface area (Å²) < 4.78 is 96.0. The molecule has 260 valence electrons. The molecule has 0 spiro atoms. The molecule has 2 unspecified atom stereocenters. The molecule has 0 radical (unpaired) electrons. The first-order chi connectivity index (χ1) is 21.7. The number of rotatable bonds is 4. The minimum atomic E-state index is -3.75. The van der Waals surface area contributed by atoms with Gasteiger partial charge in [0.2, 0.25) is 0 Å². The molecule has 4 heterocycles. The van der Waals surface area contributed by atoms with Gasteiger partial charge in [0.25, 0.3) is 19.1 Å². The Morgan fingerprint density at radius 3 is 1.68 bits per heavy atom.